The van der Waals surface area contributed by atoms with E-state index in [1.807, 2.05) is 10.9 Å². The van der Waals surface area contributed by atoms with Gasteiger partial charge in [0.25, 0.3) is 0 Å². The van der Waals surface area contributed by atoms with Crippen molar-refractivity contribution in [1.82, 2.24) is 14.7 Å². The van der Waals surface area contributed by atoms with Crippen LogP contribution in [0.3, 0.4) is 0 Å². The zero-order chi connectivity index (χ0) is 11.1. The van der Waals surface area contributed by atoms with Gasteiger partial charge in [0.2, 0.25) is 0 Å². The Morgan fingerprint density at radius 3 is 2.56 bits per heavy atom. The average Bonchev–Trinajstić information content (AvgIpc) is 2.86. The standard InChI is InChI=1S/C12H19N4/c1-9-6-12(9)15-4-2-11(3-5-15)16-8-10(13)7-14-16/h7-8,11-12H,2-6,13H2,1H3. The van der Waals surface area contributed by atoms with E-state index in [-0.39, 0.29) is 0 Å². The summed E-state index contributed by atoms with van der Waals surface area (Å²) in [4.78, 5) is 2.61. The molecule has 0 bridgehead atoms. The molecule has 4 heteroatoms. The van der Waals surface area contributed by atoms with Crippen molar-refractivity contribution in [1.29, 1.82) is 0 Å². The second-order valence-corrected chi connectivity index (χ2v) is 5.09. The molecule has 87 valence electrons. The third-order valence-electron chi connectivity index (χ3n) is 3.86. The van der Waals surface area contributed by atoms with Crippen LogP contribution in [0.5, 0.6) is 0 Å². The van der Waals surface area contributed by atoms with E-state index in [2.05, 4.69) is 16.9 Å². The normalized spacial score (nSPS) is 28.4. The minimum Gasteiger partial charge on any atom is -0.396 e. The van der Waals surface area contributed by atoms with Gasteiger partial charge in [0.1, 0.15) is 0 Å². The molecule has 1 radical (unpaired) electrons. The van der Waals surface area contributed by atoms with Crippen molar-refractivity contribution >= 4 is 5.69 Å². The summed E-state index contributed by atoms with van der Waals surface area (Å²) in [5, 5.41) is 4.31. The maximum absolute atomic E-state index is 5.69. The highest BCUT2D eigenvalue weighted by molar-refractivity contribution is 5.30. The number of hydrogen-bond acceptors (Lipinski definition) is 3. The van der Waals surface area contributed by atoms with Crippen LogP contribution in [0.4, 0.5) is 5.69 Å². The van der Waals surface area contributed by atoms with Crippen LogP contribution < -0.4 is 5.73 Å². The topological polar surface area (TPSA) is 47.1 Å². The Bertz CT molecular complexity index is 365. The summed E-state index contributed by atoms with van der Waals surface area (Å²) in [6.45, 7) is 4.67. The third kappa shape index (κ3) is 1.82. The fourth-order valence-corrected chi connectivity index (χ4v) is 2.70. The van der Waals surface area contributed by atoms with Gasteiger partial charge in [0.15, 0.2) is 0 Å². The minimum atomic E-state index is 0.549. The molecule has 16 heavy (non-hydrogen) atoms. The van der Waals surface area contributed by atoms with Crippen molar-refractivity contribution in [3.63, 3.8) is 0 Å². The molecule has 0 amide bonds. The first-order valence-corrected chi connectivity index (χ1v) is 6.10. The van der Waals surface area contributed by atoms with Gasteiger partial charge in [-0.25, -0.2) is 0 Å². The molecule has 0 aromatic carbocycles. The van der Waals surface area contributed by atoms with Crippen LogP contribution in [0.1, 0.15) is 32.2 Å². The minimum absolute atomic E-state index is 0.549. The predicted octanol–water partition coefficient (Wildman–Crippen LogP) is 1.47. The van der Waals surface area contributed by atoms with E-state index in [9.17, 15) is 0 Å². The third-order valence-corrected chi connectivity index (χ3v) is 3.86. The number of anilines is 1. The number of rotatable bonds is 2. The van der Waals surface area contributed by atoms with Gasteiger partial charge in [-0.15, -0.1) is 0 Å². The molecular weight excluding hydrogens is 200 g/mol. The lowest BCUT2D eigenvalue weighted by molar-refractivity contribution is 0.174. The summed E-state index contributed by atoms with van der Waals surface area (Å²) < 4.78 is 2.04. The summed E-state index contributed by atoms with van der Waals surface area (Å²) in [7, 11) is 0. The van der Waals surface area contributed by atoms with Gasteiger partial charge in [-0.3, -0.25) is 9.58 Å². The number of nitrogen functional groups attached to an aromatic ring is 1. The molecule has 0 spiro atoms. The maximum atomic E-state index is 5.69. The van der Waals surface area contributed by atoms with Gasteiger partial charge in [0, 0.05) is 25.3 Å². The number of piperidine rings is 1. The van der Waals surface area contributed by atoms with E-state index in [0.29, 0.717) is 6.04 Å². The summed E-state index contributed by atoms with van der Waals surface area (Å²) in [6.07, 6.45) is 7.41. The Morgan fingerprint density at radius 2 is 2.06 bits per heavy atom. The highest BCUT2D eigenvalue weighted by atomic mass is 15.3. The van der Waals surface area contributed by atoms with Crippen LogP contribution in [-0.4, -0.2) is 33.8 Å². The highest BCUT2D eigenvalue weighted by Gasteiger charge is 2.39. The van der Waals surface area contributed by atoms with Crippen molar-refractivity contribution < 1.29 is 0 Å². The lowest BCUT2D eigenvalue weighted by Gasteiger charge is -2.32. The van der Waals surface area contributed by atoms with E-state index >= 15 is 0 Å². The number of likely N-dealkylation sites (tertiary alicyclic amines) is 1. The van der Waals surface area contributed by atoms with Crippen molar-refractivity contribution in [2.45, 2.75) is 38.3 Å². The SMILES string of the molecule is C[C]1CC1N1CCC(n2cc(N)cn2)CC1. The molecule has 2 aliphatic rings. The number of aromatic nitrogens is 2. The molecule has 1 aliphatic heterocycles. The fraction of sp³-hybridized carbons (Fsp3) is 0.667. The van der Waals surface area contributed by atoms with Gasteiger partial charge in [-0.1, -0.05) is 6.92 Å². The van der Waals surface area contributed by atoms with Crippen LogP contribution in [0.15, 0.2) is 12.4 Å². The lowest BCUT2D eigenvalue weighted by Crippen LogP contribution is -2.36. The smallest absolute Gasteiger partial charge is 0.0719 e. The molecule has 1 saturated heterocycles. The molecule has 2 N–H and O–H groups in total. The van der Waals surface area contributed by atoms with E-state index in [1.54, 1.807) is 12.1 Å². The number of nitrogens with zero attached hydrogens (tertiary/aromatic N) is 3. The number of nitrogens with two attached hydrogens (primary N) is 1. The Balaban J connectivity index is 1.58. The van der Waals surface area contributed by atoms with Gasteiger partial charge < -0.3 is 5.73 Å². The maximum Gasteiger partial charge on any atom is 0.0719 e. The van der Waals surface area contributed by atoms with E-state index in [0.717, 1.165) is 11.7 Å². The van der Waals surface area contributed by atoms with Crippen LogP contribution in [0.2, 0.25) is 0 Å². The summed E-state index contributed by atoms with van der Waals surface area (Å²) in [6, 6.07) is 1.34. The molecule has 2 heterocycles. The summed E-state index contributed by atoms with van der Waals surface area (Å²) >= 11 is 0. The zero-order valence-corrected chi connectivity index (χ0v) is 9.76. The fourth-order valence-electron chi connectivity index (χ4n) is 2.70. The number of hydrogen-bond donors (Lipinski definition) is 1. The van der Waals surface area contributed by atoms with Crippen LogP contribution in [0, 0.1) is 5.92 Å². The molecule has 1 saturated carbocycles. The first kappa shape index (κ1) is 10.1. The molecule has 2 fully saturated rings. The van der Waals surface area contributed by atoms with Gasteiger partial charge in [-0.05, 0) is 25.2 Å². The van der Waals surface area contributed by atoms with Gasteiger partial charge in [-0.2, -0.15) is 5.10 Å². The van der Waals surface area contributed by atoms with Crippen molar-refractivity contribution in [3.05, 3.63) is 18.3 Å². The summed E-state index contributed by atoms with van der Waals surface area (Å²) in [5.74, 6) is 1.65. The first-order valence-electron chi connectivity index (χ1n) is 6.10. The molecule has 1 aliphatic carbocycles. The Labute approximate surface area is 96.4 Å². The second-order valence-electron chi connectivity index (χ2n) is 5.09. The second kappa shape index (κ2) is 3.77. The van der Waals surface area contributed by atoms with E-state index < -0.39 is 0 Å². The van der Waals surface area contributed by atoms with Crippen LogP contribution >= 0.6 is 0 Å². The van der Waals surface area contributed by atoms with Crippen molar-refractivity contribution in [3.8, 4) is 0 Å². The molecule has 1 aromatic rings. The lowest BCUT2D eigenvalue weighted by atomic mass is 10.1. The Hall–Kier alpha value is -1.03. The van der Waals surface area contributed by atoms with Crippen molar-refractivity contribution in [2.75, 3.05) is 18.8 Å². The summed E-state index contributed by atoms with van der Waals surface area (Å²) in [5.41, 5.74) is 6.46. The molecule has 1 unspecified atom stereocenters. The zero-order valence-electron chi connectivity index (χ0n) is 9.76. The monoisotopic (exact) mass is 219 g/mol. The molecular formula is C12H19N4. The average molecular weight is 219 g/mol. The molecule has 4 nitrogen and oxygen atoms in total. The Morgan fingerprint density at radius 1 is 1.38 bits per heavy atom. The molecule has 1 aromatic heterocycles. The Kier molecular flexibility index (Phi) is 2.39. The van der Waals surface area contributed by atoms with Gasteiger partial charge >= 0.3 is 0 Å². The van der Waals surface area contributed by atoms with Crippen LogP contribution in [0.25, 0.3) is 0 Å². The first-order chi connectivity index (χ1) is 7.74. The van der Waals surface area contributed by atoms with Gasteiger partial charge in [0.05, 0.1) is 17.9 Å². The highest BCUT2D eigenvalue weighted by Crippen LogP contribution is 2.39. The predicted molar refractivity (Wildman–Crippen MR) is 63.8 cm³/mol. The van der Waals surface area contributed by atoms with Crippen LogP contribution in [-0.2, 0) is 0 Å². The quantitative estimate of drug-likeness (QED) is 0.819. The van der Waals surface area contributed by atoms with E-state index in [4.69, 9.17) is 5.73 Å². The van der Waals surface area contributed by atoms with E-state index in [1.165, 1.54) is 32.4 Å². The molecule has 3 rings (SSSR count). The van der Waals surface area contributed by atoms with Crippen molar-refractivity contribution in [2.24, 2.45) is 0 Å². The largest absolute Gasteiger partial charge is 0.396 e. The molecule has 1 atom stereocenters.